The van der Waals surface area contributed by atoms with Crippen molar-refractivity contribution in [2.24, 2.45) is 0 Å². The first-order valence-corrected chi connectivity index (χ1v) is 10.5. The van der Waals surface area contributed by atoms with Gasteiger partial charge in [-0.2, -0.15) is 0 Å². The summed E-state index contributed by atoms with van der Waals surface area (Å²) < 4.78 is 10.7. The van der Waals surface area contributed by atoms with Gasteiger partial charge in [0.15, 0.2) is 13.2 Å². The lowest BCUT2D eigenvalue weighted by Crippen LogP contribution is -2.49. The van der Waals surface area contributed by atoms with Crippen LogP contribution in [-0.2, 0) is 14.3 Å². The van der Waals surface area contributed by atoms with Crippen LogP contribution in [0.25, 0.3) is 0 Å². The van der Waals surface area contributed by atoms with Gasteiger partial charge < -0.3 is 19.7 Å². The van der Waals surface area contributed by atoms with Gasteiger partial charge in [0.2, 0.25) is 0 Å². The number of amides is 2. The van der Waals surface area contributed by atoms with Crippen LogP contribution in [0.1, 0.15) is 43.5 Å². The molecule has 1 saturated heterocycles. The zero-order valence-electron chi connectivity index (χ0n) is 17.9. The summed E-state index contributed by atoms with van der Waals surface area (Å²) in [5, 5.41) is 2.65. The van der Waals surface area contributed by atoms with E-state index in [9.17, 15) is 14.4 Å². The van der Waals surface area contributed by atoms with Crippen LogP contribution < -0.4 is 10.1 Å². The van der Waals surface area contributed by atoms with Crippen molar-refractivity contribution in [2.75, 3.05) is 18.5 Å². The minimum Gasteiger partial charge on any atom is -0.484 e. The van der Waals surface area contributed by atoms with Crippen molar-refractivity contribution in [1.82, 2.24) is 4.90 Å². The maximum absolute atomic E-state index is 12.5. The predicted octanol–water partition coefficient (Wildman–Crippen LogP) is 3.65. The summed E-state index contributed by atoms with van der Waals surface area (Å²) in [7, 11) is 0. The fourth-order valence-electron chi connectivity index (χ4n) is 3.75. The Morgan fingerprint density at radius 3 is 2.23 bits per heavy atom. The van der Waals surface area contributed by atoms with Gasteiger partial charge in [-0.1, -0.05) is 18.2 Å². The minimum absolute atomic E-state index is 0.0346. The minimum atomic E-state index is -0.609. The molecule has 1 fully saturated rings. The number of likely N-dealkylation sites (tertiary alicyclic amines) is 1. The first-order valence-electron chi connectivity index (χ1n) is 10.5. The van der Waals surface area contributed by atoms with E-state index in [4.69, 9.17) is 9.47 Å². The van der Waals surface area contributed by atoms with Crippen molar-refractivity contribution in [3.8, 4) is 5.75 Å². The van der Waals surface area contributed by atoms with E-state index < -0.39 is 11.9 Å². The third-order valence-electron chi connectivity index (χ3n) is 5.33. The van der Waals surface area contributed by atoms with E-state index in [1.165, 1.54) is 0 Å². The Kier molecular flexibility index (Phi) is 7.65. The number of rotatable bonds is 7. The number of nitrogens with one attached hydrogen (secondary N) is 1. The number of hydrogen-bond donors (Lipinski definition) is 1. The number of anilines is 1. The molecule has 0 radical (unpaired) electrons. The normalized spacial score (nSPS) is 18.2. The first-order chi connectivity index (χ1) is 14.9. The highest BCUT2D eigenvalue weighted by molar-refractivity contribution is 5.95. The SMILES string of the molecule is C[C@@H]1CCC[C@H](C)N1C(=O)COc1ccc(C(=O)OCC(=O)Nc2ccccc2)cc1. The van der Waals surface area contributed by atoms with Crippen LogP contribution in [0.3, 0.4) is 0 Å². The highest BCUT2D eigenvalue weighted by atomic mass is 16.5. The maximum atomic E-state index is 12.5. The number of benzene rings is 2. The molecule has 2 atom stereocenters. The molecule has 2 aromatic carbocycles. The van der Waals surface area contributed by atoms with E-state index in [0.717, 1.165) is 19.3 Å². The van der Waals surface area contributed by atoms with Gasteiger partial charge in [0.05, 0.1) is 5.56 Å². The Hall–Kier alpha value is -3.35. The molecule has 3 rings (SSSR count). The Balaban J connectivity index is 1.45. The molecule has 0 spiro atoms. The molecular formula is C24H28N2O5. The smallest absolute Gasteiger partial charge is 0.338 e. The summed E-state index contributed by atoms with van der Waals surface area (Å²) in [5.41, 5.74) is 0.928. The molecule has 31 heavy (non-hydrogen) atoms. The number of para-hydroxylation sites is 1. The highest BCUT2D eigenvalue weighted by Gasteiger charge is 2.29. The molecule has 2 amide bonds. The fourth-order valence-corrected chi connectivity index (χ4v) is 3.75. The molecule has 1 heterocycles. The Labute approximate surface area is 182 Å². The standard InChI is InChI=1S/C24H28N2O5/c1-17-7-6-8-18(2)26(17)23(28)16-30-21-13-11-19(12-14-21)24(29)31-15-22(27)25-20-9-4-3-5-10-20/h3-5,9-14,17-18H,6-8,15-16H2,1-2H3,(H,25,27)/t17-,18+. The van der Waals surface area contributed by atoms with E-state index >= 15 is 0 Å². The lowest BCUT2D eigenvalue weighted by atomic mass is 9.97. The monoisotopic (exact) mass is 424 g/mol. The molecule has 0 bridgehead atoms. The quantitative estimate of drug-likeness (QED) is 0.686. The average molecular weight is 424 g/mol. The molecule has 1 aliphatic rings. The van der Waals surface area contributed by atoms with Crippen LogP contribution in [0.5, 0.6) is 5.75 Å². The molecule has 164 valence electrons. The number of piperidine rings is 1. The van der Waals surface area contributed by atoms with Gasteiger partial charge in [0, 0.05) is 17.8 Å². The summed E-state index contributed by atoms with van der Waals surface area (Å²) in [4.78, 5) is 38.5. The van der Waals surface area contributed by atoms with Crippen molar-refractivity contribution in [2.45, 2.75) is 45.2 Å². The van der Waals surface area contributed by atoms with E-state index in [1.807, 2.05) is 11.0 Å². The van der Waals surface area contributed by atoms with Gasteiger partial charge in [0.25, 0.3) is 11.8 Å². The largest absolute Gasteiger partial charge is 0.484 e. The number of nitrogens with zero attached hydrogens (tertiary/aromatic N) is 1. The summed E-state index contributed by atoms with van der Waals surface area (Å²) in [6, 6.07) is 15.7. The van der Waals surface area contributed by atoms with Crippen LogP contribution in [-0.4, -0.2) is 48.0 Å². The molecule has 2 aromatic rings. The van der Waals surface area contributed by atoms with Crippen LogP contribution in [0.2, 0.25) is 0 Å². The summed E-state index contributed by atoms with van der Waals surface area (Å²) in [6.07, 6.45) is 3.16. The number of ether oxygens (including phenoxy) is 2. The lowest BCUT2D eigenvalue weighted by Gasteiger charge is -2.38. The average Bonchev–Trinajstić information content (AvgIpc) is 2.77. The van der Waals surface area contributed by atoms with Crippen LogP contribution in [0.15, 0.2) is 54.6 Å². The van der Waals surface area contributed by atoms with Crippen LogP contribution >= 0.6 is 0 Å². The van der Waals surface area contributed by atoms with Gasteiger partial charge in [0.1, 0.15) is 5.75 Å². The topological polar surface area (TPSA) is 84.9 Å². The second-order valence-electron chi connectivity index (χ2n) is 7.73. The Morgan fingerprint density at radius 1 is 0.935 bits per heavy atom. The maximum Gasteiger partial charge on any atom is 0.338 e. The van der Waals surface area contributed by atoms with E-state index in [2.05, 4.69) is 19.2 Å². The van der Waals surface area contributed by atoms with E-state index in [1.54, 1.807) is 48.5 Å². The summed E-state index contributed by atoms with van der Waals surface area (Å²) in [6.45, 7) is 3.70. The summed E-state index contributed by atoms with van der Waals surface area (Å²) >= 11 is 0. The van der Waals surface area contributed by atoms with Crippen LogP contribution in [0.4, 0.5) is 5.69 Å². The van der Waals surface area contributed by atoms with Gasteiger partial charge in [-0.3, -0.25) is 9.59 Å². The third kappa shape index (κ3) is 6.31. The van der Waals surface area contributed by atoms with Crippen molar-refractivity contribution in [3.63, 3.8) is 0 Å². The van der Waals surface area contributed by atoms with Crippen LogP contribution in [0, 0.1) is 0 Å². The predicted molar refractivity (Wildman–Crippen MR) is 117 cm³/mol. The molecule has 7 heteroatoms. The zero-order chi connectivity index (χ0) is 22.2. The number of esters is 1. The van der Waals surface area contributed by atoms with Crippen molar-refractivity contribution < 1.29 is 23.9 Å². The number of carbonyl (C=O) groups excluding carboxylic acids is 3. The second kappa shape index (κ2) is 10.6. The first kappa shape index (κ1) is 22.3. The molecular weight excluding hydrogens is 396 g/mol. The van der Waals surface area contributed by atoms with Gasteiger partial charge in [-0.15, -0.1) is 0 Å². The van der Waals surface area contributed by atoms with Gasteiger partial charge in [-0.05, 0) is 69.5 Å². The summed E-state index contributed by atoms with van der Waals surface area (Å²) in [5.74, 6) is -0.572. The van der Waals surface area contributed by atoms with E-state index in [0.29, 0.717) is 17.0 Å². The highest BCUT2D eigenvalue weighted by Crippen LogP contribution is 2.23. The molecule has 0 unspecified atom stereocenters. The zero-order valence-corrected chi connectivity index (χ0v) is 17.9. The van der Waals surface area contributed by atoms with Gasteiger partial charge in [-0.25, -0.2) is 4.79 Å². The molecule has 0 aliphatic carbocycles. The molecule has 0 saturated carbocycles. The number of hydrogen-bond acceptors (Lipinski definition) is 5. The molecule has 0 aromatic heterocycles. The molecule has 1 N–H and O–H groups in total. The second-order valence-corrected chi connectivity index (χ2v) is 7.73. The third-order valence-corrected chi connectivity index (χ3v) is 5.33. The Bertz CT molecular complexity index is 888. The lowest BCUT2D eigenvalue weighted by molar-refractivity contribution is -0.139. The fraction of sp³-hybridized carbons (Fsp3) is 0.375. The molecule has 1 aliphatic heterocycles. The van der Waals surface area contributed by atoms with Crippen molar-refractivity contribution in [1.29, 1.82) is 0 Å². The van der Waals surface area contributed by atoms with Gasteiger partial charge >= 0.3 is 5.97 Å². The van der Waals surface area contributed by atoms with Crippen molar-refractivity contribution >= 4 is 23.5 Å². The van der Waals surface area contributed by atoms with E-state index in [-0.39, 0.29) is 31.2 Å². The number of carbonyl (C=O) groups is 3. The van der Waals surface area contributed by atoms with Crippen molar-refractivity contribution in [3.05, 3.63) is 60.2 Å². The Morgan fingerprint density at radius 2 is 1.58 bits per heavy atom. The molecule has 7 nitrogen and oxygen atoms in total.